The highest BCUT2D eigenvalue weighted by Gasteiger charge is 2.25. The van der Waals surface area contributed by atoms with Gasteiger partial charge in [0.15, 0.2) is 0 Å². The molecule has 0 atom stereocenters. The molecular weight excluding hydrogens is 300 g/mol. The van der Waals surface area contributed by atoms with E-state index in [4.69, 9.17) is 11.6 Å². The van der Waals surface area contributed by atoms with Gasteiger partial charge in [0, 0.05) is 22.8 Å². The lowest BCUT2D eigenvalue weighted by Gasteiger charge is -2.28. The molecule has 1 aliphatic rings. The first-order valence-electron chi connectivity index (χ1n) is 7.07. The van der Waals surface area contributed by atoms with Gasteiger partial charge in [0.1, 0.15) is 6.54 Å². The van der Waals surface area contributed by atoms with Crippen LogP contribution < -0.4 is 10.2 Å². The van der Waals surface area contributed by atoms with Crippen molar-refractivity contribution >= 4 is 34.8 Å². The third kappa shape index (κ3) is 3.12. The van der Waals surface area contributed by atoms with Gasteiger partial charge in [0.2, 0.25) is 11.8 Å². The summed E-state index contributed by atoms with van der Waals surface area (Å²) >= 11 is 5.89. The van der Waals surface area contributed by atoms with Crippen molar-refractivity contribution in [1.82, 2.24) is 0 Å². The fourth-order valence-electron chi connectivity index (χ4n) is 2.58. The molecule has 0 fully saturated rings. The lowest BCUT2D eigenvalue weighted by molar-refractivity contribution is -0.121. The average molecular weight is 315 g/mol. The molecular formula is C17H15ClN2O2. The van der Waals surface area contributed by atoms with Crippen LogP contribution in [-0.2, 0) is 16.0 Å². The molecule has 3 rings (SSSR count). The van der Waals surface area contributed by atoms with Crippen LogP contribution in [0.2, 0.25) is 5.02 Å². The van der Waals surface area contributed by atoms with Crippen LogP contribution in [0.3, 0.4) is 0 Å². The van der Waals surface area contributed by atoms with Crippen LogP contribution in [0.15, 0.2) is 48.5 Å². The summed E-state index contributed by atoms with van der Waals surface area (Å²) in [6.45, 7) is 0.00234. The van der Waals surface area contributed by atoms with Crippen molar-refractivity contribution in [3.05, 3.63) is 59.1 Å². The minimum Gasteiger partial charge on any atom is -0.324 e. The second kappa shape index (κ2) is 6.20. The van der Waals surface area contributed by atoms with E-state index < -0.39 is 0 Å². The third-order valence-corrected chi connectivity index (χ3v) is 3.84. The van der Waals surface area contributed by atoms with E-state index in [1.54, 1.807) is 29.2 Å². The minimum absolute atomic E-state index is 0.00234. The van der Waals surface area contributed by atoms with Crippen LogP contribution in [0, 0.1) is 0 Å². The summed E-state index contributed by atoms with van der Waals surface area (Å²) < 4.78 is 0. The van der Waals surface area contributed by atoms with Gasteiger partial charge in [-0.05, 0) is 36.2 Å². The lowest BCUT2D eigenvalue weighted by Crippen LogP contribution is -2.40. The molecule has 1 N–H and O–H groups in total. The van der Waals surface area contributed by atoms with Crippen LogP contribution in [0.1, 0.15) is 12.0 Å². The number of aryl methyl sites for hydroxylation is 1. The molecule has 0 spiro atoms. The molecule has 0 aromatic heterocycles. The molecule has 0 radical (unpaired) electrons. The molecule has 4 nitrogen and oxygen atoms in total. The summed E-state index contributed by atoms with van der Waals surface area (Å²) in [4.78, 5) is 25.9. The summed E-state index contributed by atoms with van der Waals surface area (Å²) in [5.74, 6) is -0.271. The normalized spacial score (nSPS) is 13.7. The number of nitrogens with one attached hydrogen (secondary N) is 1. The number of para-hydroxylation sites is 1. The van der Waals surface area contributed by atoms with E-state index in [9.17, 15) is 9.59 Å². The van der Waals surface area contributed by atoms with E-state index in [2.05, 4.69) is 5.32 Å². The number of rotatable bonds is 3. The maximum Gasteiger partial charge on any atom is 0.244 e. The van der Waals surface area contributed by atoms with E-state index in [1.807, 2.05) is 24.3 Å². The Morgan fingerprint density at radius 3 is 2.77 bits per heavy atom. The summed E-state index contributed by atoms with van der Waals surface area (Å²) in [5, 5.41) is 3.32. The van der Waals surface area contributed by atoms with Crippen LogP contribution in [-0.4, -0.2) is 18.4 Å². The van der Waals surface area contributed by atoms with Gasteiger partial charge in [-0.3, -0.25) is 9.59 Å². The number of amides is 2. The first-order chi connectivity index (χ1) is 10.6. The van der Waals surface area contributed by atoms with Gasteiger partial charge >= 0.3 is 0 Å². The van der Waals surface area contributed by atoms with Gasteiger partial charge in [0.25, 0.3) is 0 Å². The second-order valence-electron chi connectivity index (χ2n) is 5.17. The molecule has 1 heterocycles. The van der Waals surface area contributed by atoms with E-state index in [1.165, 1.54) is 0 Å². The summed E-state index contributed by atoms with van der Waals surface area (Å²) in [6.07, 6.45) is 1.16. The standard InChI is InChI=1S/C17H15ClN2O2/c18-13-5-3-6-14(10-13)19-16(21)11-20-15-7-2-1-4-12(15)8-9-17(20)22/h1-7,10H,8-9,11H2,(H,19,21). The average Bonchev–Trinajstić information content (AvgIpc) is 2.50. The number of hydrogen-bond donors (Lipinski definition) is 1. The van der Waals surface area contributed by atoms with Crippen molar-refractivity contribution in [2.45, 2.75) is 12.8 Å². The number of benzene rings is 2. The van der Waals surface area contributed by atoms with E-state index in [0.717, 1.165) is 17.7 Å². The molecule has 2 aromatic rings. The number of hydrogen-bond acceptors (Lipinski definition) is 2. The highest BCUT2D eigenvalue weighted by Crippen LogP contribution is 2.27. The Balaban J connectivity index is 1.75. The predicted octanol–water partition coefficient (Wildman–Crippen LogP) is 3.26. The SMILES string of the molecule is O=C(CN1C(=O)CCc2ccccc21)Nc1cccc(Cl)c1. The maximum absolute atomic E-state index is 12.2. The van der Waals surface area contributed by atoms with Crippen LogP contribution in [0.5, 0.6) is 0 Å². The zero-order valence-corrected chi connectivity index (χ0v) is 12.6. The Morgan fingerprint density at radius 2 is 1.95 bits per heavy atom. The summed E-state index contributed by atoms with van der Waals surface area (Å²) in [5.41, 5.74) is 2.54. The zero-order chi connectivity index (χ0) is 15.5. The molecule has 5 heteroatoms. The van der Waals surface area contributed by atoms with Gasteiger partial charge in [-0.2, -0.15) is 0 Å². The van der Waals surface area contributed by atoms with Gasteiger partial charge in [0.05, 0.1) is 0 Å². The van der Waals surface area contributed by atoms with Crippen molar-refractivity contribution in [1.29, 1.82) is 0 Å². The Hall–Kier alpha value is -2.33. The van der Waals surface area contributed by atoms with Crippen molar-refractivity contribution in [2.24, 2.45) is 0 Å². The van der Waals surface area contributed by atoms with Crippen molar-refractivity contribution in [2.75, 3.05) is 16.8 Å². The molecule has 112 valence electrons. The zero-order valence-electron chi connectivity index (χ0n) is 11.9. The Morgan fingerprint density at radius 1 is 1.14 bits per heavy atom. The monoisotopic (exact) mass is 314 g/mol. The number of nitrogens with zero attached hydrogens (tertiary/aromatic N) is 1. The van der Waals surface area contributed by atoms with Gasteiger partial charge in [-0.15, -0.1) is 0 Å². The predicted molar refractivity (Wildman–Crippen MR) is 87.2 cm³/mol. The molecule has 0 bridgehead atoms. The van der Waals surface area contributed by atoms with Crippen LogP contribution >= 0.6 is 11.6 Å². The number of carbonyl (C=O) groups is 2. The Kier molecular flexibility index (Phi) is 4.11. The van der Waals surface area contributed by atoms with Gasteiger partial charge in [-0.1, -0.05) is 35.9 Å². The lowest BCUT2D eigenvalue weighted by atomic mass is 10.0. The summed E-state index contributed by atoms with van der Waals surface area (Å²) in [7, 11) is 0. The fraction of sp³-hybridized carbons (Fsp3) is 0.176. The van der Waals surface area contributed by atoms with Crippen molar-refractivity contribution in [3.8, 4) is 0 Å². The molecule has 0 saturated carbocycles. The topological polar surface area (TPSA) is 49.4 Å². The summed E-state index contributed by atoms with van der Waals surface area (Å²) in [6, 6.07) is 14.6. The number of fused-ring (bicyclic) bond motifs is 1. The Bertz CT molecular complexity index is 730. The van der Waals surface area contributed by atoms with Gasteiger partial charge < -0.3 is 10.2 Å². The van der Waals surface area contributed by atoms with Crippen LogP contribution in [0.4, 0.5) is 11.4 Å². The maximum atomic E-state index is 12.2. The first kappa shape index (κ1) is 14.6. The minimum atomic E-state index is -0.243. The van der Waals surface area contributed by atoms with Crippen molar-refractivity contribution in [3.63, 3.8) is 0 Å². The van der Waals surface area contributed by atoms with Crippen molar-refractivity contribution < 1.29 is 9.59 Å². The second-order valence-corrected chi connectivity index (χ2v) is 5.60. The molecule has 2 amide bonds. The highest BCUT2D eigenvalue weighted by molar-refractivity contribution is 6.30. The fourth-order valence-corrected chi connectivity index (χ4v) is 2.77. The molecule has 0 unspecified atom stereocenters. The third-order valence-electron chi connectivity index (χ3n) is 3.60. The van der Waals surface area contributed by atoms with Gasteiger partial charge in [-0.25, -0.2) is 0 Å². The molecule has 22 heavy (non-hydrogen) atoms. The molecule has 1 aliphatic heterocycles. The quantitative estimate of drug-likeness (QED) is 0.945. The Labute approximate surface area is 133 Å². The largest absolute Gasteiger partial charge is 0.324 e. The molecule has 0 aliphatic carbocycles. The number of carbonyl (C=O) groups excluding carboxylic acids is 2. The van der Waals surface area contributed by atoms with E-state index in [0.29, 0.717) is 17.1 Å². The molecule has 0 saturated heterocycles. The highest BCUT2D eigenvalue weighted by atomic mass is 35.5. The first-order valence-corrected chi connectivity index (χ1v) is 7.45. The number of halogens is 1. The smallest absolute Gasteiger partial charge is 0.244 e. The van der Waals surface area contributed by atoms with Crippen LogP contribution in [0.25, 0.3) is 0 Å². The van der Waals surface area contributed by atoms with E-state index >= 15 is 0 Å². The van der Waals surface area contributed by atoms with E-state index in [-0.39, 0.29) is 18.4 Å². The number of anilines is 2. The molecule has 2 aromatic carbocycles.